The van der Waals surface area contributed by atoms with Crippen LogP contribution in [0, 0.1) is 0 Å². The van der Waals surface area contributed by atoms with Crippen molar-refractivity contribution in [1.82, 2.24) is 0 Å². The maximum Gasteiger partial charge on any atom is 0.161 e. The lowest BCUT2D eigenvalue weighted by atomic mass is 9.98. The Morgan fingerprint density at radius 1 is 0.895 bits per heavy atom. The van der Waals surface area contributed by atoms with Crippen molar-refractivity contribution in [3.8, 4) is 0 Å². The van der Waals surface area contributed by atoms with Crippen LogP contribution >= 0.6 is 0 Å². The van der Waals surface area contributed by atoms with Gasteiger partial charge in [-0.25, -0.2) is 0 Å². The van der Waals surface area contributed by atoms with E-state index in [1.165, 1.54) is 0 Å². The van der Waals surface area contributed by atoms with Crippen LogP contribution in [0.15, 0.2) is 0 Å². The highest BCUT2D eigenvalue weighted by Crippen LogP contribution is 2.27. The number of aliphatic hydroxyl groups is 3. The molecule has 0 radical (unpaired) electrons. The number of hydrogen-bond donors (Lipinski definition) is 3. The zero-order valence-corrected chi connectivity index (χ0v) is 11.6. The maximum atomic E-state index is 10.1. The van der Waals surface area contributed by atoms with Gasteiger partial charge < -0.3 is 29.5 Å². The Labute approximate surface area is 113 Å². The van der Waals surface area contributed by atoms with Gasteiger partial charge in [0.1, 0.15) is 12.2 Å². The topological polar surface area (TPSA) is 88.4 Å². The minimum atomic E-state index is -0.891. The van der Waals surface area contributed by atoms with E-state index < -0.39 is 30.7 Å². The number of hydrogen-bond acceptors (Lipinski definition) is 6. The first-order valence-corrected chi connectivity index (χ1v) is 6.89. The van der Waals surface area contributed by atoms with Gasteiger partial charge in [-0.15, -0.1) is 0 Å². The van der Waals surface area contributed by atoms with E-state index in [1.807, 2.05) is 6.92 Å². The third-order valence-corrected chi connectivity index (χ3v) is 3.88. The van der Waals surface area contributed by atoms with Gasteiger partial charge in [0.25, 0.3) is 0 Å². The fraction of sp³-hybridized carbons (Fsp3) is 1.00. The molecule has 0 spiro atoms. The van der Waals surface area contributed by atoms with Gasteiger partial charge in [0.15, 0.2) is 6.29 Å². The van der Waals surface area contributed by atoms with Crippen molar-refractivity contribution in [1.29, 1.82) is 0 Å². The van der Waals surface area contributed by atoms with E-state index in [4.69, 9.17) is 14.2 Å². The molecule has 2 aliphatic heterocycles. The molecule has 2 rings (SSSR count). The lowest BCUT2D eigenvalue weighted by Gasteiger charge is -2.41. The third-order valence-electron chi connectivity index (χ3n) is 3.88. The van der Waals surface area contributed by atoms with Gasteiger partial charge in [-0.2, -0.15) is 0 Å². The van der Waals surface area contributed by atoms with E-state index in [1.54, 1.807) is 13.8 Å². The zero-order chi connectivity index (χ0) is 14.2. The molecule has 3 N–H and O–H groups in total. The summed E-state index contributed by atoms with van der Waals surface area (Å²) in [5.74, 6) is 0. The normalized spacial score (nSPS) is 52.1. The van der Waals surface area contributed by atoms with Crippen molar-refractivity contribution < 1.29 is 29.5 Å². The van der Waals surface area contributed by atoms with Crippen LogP contribution in [0.3, 0.4) is 0 Å². The summed E-state index contributed by atoms with van der Waals surface area (Å²) in [6, 6.07) is 0. The van der Waals surface area contributed by atoms with Crippen LogP contribution in [0.1, 0.15) is 33.6 Å². The maximum absolute atomic E-state index is 10.1. The molecule has 0 bridgehead atoms. The van der Waals surface area contributed by atoms with E-state index in [0.717, 1.165) is 0 Å². The van der Waals surface area contributed by atoms with Gasteiger partial charge in [0.2, 0.25) is 0 Å². The smallest absolute Gasteiger partial charge is 0.161 e. The Bertz CT molecular complexity index is 287. The minimum absolute atomic E-state index is 0.0138. The van der Waals surface area contributed by atoms with Crippen LogP contribution in [0.5, 0.6) is 0 Å². The summed E-state index contributed by atoms with van der Waals surface area (Å²) in [5.41, 5.74) is 0. The lowest BCUT2D eigenvalue weighted by Crippen LogP contribution is -2.52. The van der Waals surface area contributed by atoms with E-state index in [-0.39, 0.29) is 24.7 Å². The Balaban J connectivity index is 1.93. The van der Waals surface area contributed by atoms with Crippen molar-refractivity contribution in [2.75, 3.05) is 0 Å². The number of aliphatic hydroxyl groups excluding tert-OH is 3. The van der Waals surface area contributed by atoms with Crippen molar-refractivity contribution in [2.24, 2.45) is 0 Å². The van der Waals surface area contributed by atoms with Crippen LogP contribution in [-0.2, 0) is 14.2 Å². The molecule has 8 atom stereocenters. The second-order valence-electron chi connectivity index (χ2n) is 5.62. The molecule has 0 saturated carbocycles. The van der Waals surface area contributed by atoms with E-state index in [0.29, 0.717) is 6.42 Å². The molecule has 6 heteroatoms. The summed E-state index contributed by atoms with van der Waals surface area (Å²) in [6.45, 7) is 5.43. The molecule has 2 aliphatic rings. The van der Waals surface area contributed by atoms with E-state index in [9.17, 15) is 15.3 Å². The summed E-state index contributed by atoms with van der Waals surface area (Å²) in [4.78, 5) is 0. The molecular weight excluding hydrogens is 252 g/mol. The molecule has 0 aromatic carbocycles. The van der Waals surface area contributed by atoms with Crippen LogP contribution in [0.2, 0.25) is 0 Å². The van der Waals surface area contributed by atoms with Crippen LogP contribution in [-0.4, -0.2) is 64.3 Å². The Morgan fingerprint density at radius 3 is 2.16 bits per heavy atom. The fourth-order valence-electron chi connectivity index (χ4n) is 2.71. The quantitative estimate of drug-likeness (QED) is 0.646. The third kappa shape index (κ3) is 3.45. The Morgan fingerprint density at radius 2 is 1.53 bits per heavy atom. The van der Waals surface area contributed by atoms with Gasteiger partial charge in [0, 0.05) is 12.8 Å². The summed E-state index contributed by atoms with van der Waals surface area (Å²) in [5, 5.41) is 29.4. The highest BCUT2D eigenvalue weighted by atomic mass is 16.7. The molecule has 2 saturated heterocycles. The standard InChI is InChI=1S/C13H24O6/c1-6-4-10(13(16)8(3)17-6)19-11-5-9(14)12(15)7(2)18-11/h6-16H,4-5H2,1-3H3/t6-,7?,8?,9+,10+,11-,12+,13+/m0/s1. The lowest BCUT2D eigenvalue weighted by molar-refractivity contribution is -0.285. The van der Waals surface area contributed by atoms with Crippen molar-refractivity contribution in [2.45, 2.75) is 82.6 Å². The minimum Gasteiger partial charge on any atom is -0.390 e. The molecular formula is C13H24O6. The number of ether oxygens (including phenoxy) is 3. The van der Waals surface area contributed by atoms with Gasteiger partial charge in [-0.3, -0.25) is 0 Å². The molecule has 2 heterocycles. The van der Waals surface area contributed by atoms with Crippen LogP contribution < -0.4 is 0 Å². The van der Waals surface area contributed by atoms with E-state index >= 15 is 0 Å². The summed E-state index contributed by atoms with van der Waals surface area (Å²) in [6.07, 6.45) is -3.41. The molecule has 0 aromatic heterocycles. The zero-order valence-electron chi connectivity index (χ0n) is 11.6. The Hall–Kier alpha value is -0.240. The van der Waals surface area contributed by atoms with Crippen LogP contribution in [0.4, 0.5) is 0 Å². The van der Waals surface area contributed by atoms with Gasteiger partial charge >= 0.3 is 0 Å². The van der Waals surface area contributed by atoms with Crippen molar-refractivity contribution in [3.05, 3.63) is 0 Å². The molecule has 19 heavy (non-hydrogen) atoms. The van der Waals surface area contributed by atoms with Gasteiger partial charge in [0.05, 0.1) is 30.5 Å². The van der Waals surface area contributed by atoms with E-state index in [2.05, 4.69) is 0 Å². The van der Waals surface area contributed by atoms with Crippen molar-refractivity contribution in [3.63, 3.8) is 0 Å². The first-order chi connectivity index (χ1) is 8.88. The monoisotopic (exact) mass is 276 g/mol. The molecule has 112 valence electrons. The second kappa shape index (κ2) is 6.03. The molecule has 6 nitrogen and oxygen atoms in total. The second-order valence-corrected chi connectivity index (χ2v) is 5.62. The summed E-state index contributed by atoms with van der Waals surface area (Å²) >= 11 is 0. The summed E-state index contributed by atoms with van der Waals surface area (Å²) in [7, 11) is 0. The SMILES string of the molecule is CC1O[C@@H](O[C@@H]2C[C@H](C)OC(C)[C@H]2O)C[C@@H](O)[C@@H]1O. The van der Waals surface area contributed by atoms with Crippen LogP contribution in [0.25, 0.3) is 0 Å². The average molecular weight is 276 g/mol. The molecule has 0 amide bonds. The molecule has 0 aliphatic carbocycles. The predicted molar refractivity (Wildman–Crippen MR) is 66.5 cm³/mol. The first-order valence-electron chi connectivity index (χ1n) is 6.89. The highest BCUT2D eigenvalue weighted by Gasteiger charge is 2.40. The first kappa shape index (κ1) is 15.2. The largest absolute Gasteiger partial charge is 0.390 e. The average Bonchev–Trinajstić information content (AvgIpc) is 2.32. The van der Waals surface area contributed by atoms with Gasteiger partial charge in [-0.1, -0.05) is 0 Å². The highest BCUT2D eigenvalue weighted by molar-refractivity contribution is 4.85. The fourth-order valence-corrected chi connectivity index (χ4v) is 2.71. The Kier molecular flexibility index (Phi) is 4.81. The number of rotatable bonds is 2. The summed E-state index contributed by atoms with van der Waals surface area (Å²) < 4.78 is 16.8. The molecule has 2 unspecified atom stereocenters. The van der Waals surface area contributed by atoms with Gasteiger partial charge in [-0.05, 0) is 20.8 Å². The predicted octanol–water partition coefficient (Wildman–Crippen LogP) is -0.214. The molecule has 0 aromatic rings. The van der Waals surface area contributed by atoms with Crippen molar-refractivity contribution >= 4 is 0 Å². The molecule has 2 fully saturated rings.